The lowest BCUT2D eigenvalue weighted by molar-refractivity contribution is -0.216. The van der Waals surface area contributed by atoms with Gasteiger partial charge >= 0.3 is 11.9 Å². The third-order valence-corrected chi connectivity index (χ3v) is 4.60. The van der Waals surface area contributed by atoms with Gasteiger partial charge < -0.3 is 4.74 Å². The molecule has 2 rings (SSSR count). The molecule has 0 unspecified atom stereocenters. The van der Waals surface area contributed by atoms with Crippen LogP contribution in [0.25, 0.3) is 0 Å². The van der Waals surface area contributed by atoms with Crippen LogP contribution < -0.4 is 0 Å². The van der Waals surface area contributed by atoms with Crippen LogP contribution in [0.5, 0.6) is 0 Å². The maximum Gasteiger partial charge on any atom is 0.331 e. The third kappa shape index (κ3) is 1.06. The minimum absolute atomic E-state index is 0.127. The van der Waals surface area contributed by atoms with Gasteiger partial charge in [0, 0.05) is 0 Å². The Balaban J connectivity index is 2.42. The number of cyclic esters (lactones) is 2. The lowest BCUT2D eigenvalue weighted by atomic mass is 9.52. The highest BCUT2D eigenvalue weighted by atomic mass is 16.6. The van der Waals surface area contributed by atoms with Crippen LogP contribution >= 0.6 is 0 Å². The molecule has 1 saturated carbocycles. The van der Waals surface area contributed by atoms with Gasteiger partial charge in [0.05, 0.1) is 0 Å². The second-order valence-corrected chi connectivity index (χ2v) is 4.78. The van der Waals surface area contributed by atoms with Gasteiger partial charge in [0.25, 0.3) is 0 Å². The first-order valence-corrected chi connectivity index (χ1v) is 5.89. The molecule has 0 amide bonds. The first kappa shape index (κ1) is 10.7. The summed E-state index contributed by atoms with van der Waals surface area (Å²) in [6, 6.07) is 0. The highest BCUT2D eigenvalue weighted by Crippen LogP contribution is 2.59. The van der Waals surface area contributed by atoms with Gasteiger partial charge in [-0.3, -0.25) is 9.59 Å². The molecule has 0 aromatic rings. The summed E-state index contributed by atoms with van der Waals surface area (Å²) in [6.45, 7) is 4.16. The number of esters is 2. The molecule has 15 heavy (non-hydrogen) atoms. The molecule has 0 N–H and O–H groups in total. The quantitative estimate of drug-likeness (QED) is 0.519. The fourth-order valence-electron chi connectivity index (χ4n) is 3.47. The topological polar surface area (TPSA) is 43.4 Å². The van der Waals surface area contributed by atoms with E-state index in [9.17, 15) is 9.59 Å². The summed E-state index contributed by atoms with van der Waals surface area (Å²) in [4.78, 5) is 23.4. The van der Waals surface area contributed by atoms with E-state index in [1.807, 2.05) is 0 Å². The van der Waals surface area contributed by atoms with Crippen molar-refractivity contribution in [2.75, 3.05) is 0 Å². The summed E-state index contributed by atoms with van der Waals surface area (Å²) in [5.74, 6) is -0.535. The van der Waals surface area contributed by atoms with Crippen LogP contribution in [-0.4, -0.2) is 11.9 Å². The molecule has 1 aliphatic heterocycles. The molecule has 1 heterocycles. The largest absolute Gasteiger partial charge is 0.391 e. The van der Waals surface area contributed by atoms with Crippen molar-refractivity contribution in [3.05, 3.63) is 0 Å². The molecule has 3 heteroatoms. The summed E-state index contributed by atoms with van der Waals surface area (Å²) < 4.78 is 4.61. The Morgan fingerprint density at radius 1 is 1.07 bits per heavy atom. The van der Waals surface area contributed by atoms with E-state index in [4.69, 9.17) is 0 Å². The van der Waals surface area contributed by atoms with Crippen LogP contribution in [0, 0.1) is 10.8 Å². The normalized spacial score (nSPS) is 27.3. The van der Waals surface area contributed by atoms with Crippen LogP contribution in [0.1, 0.15) is 52.4 Å². The number of hydrogen-bond donors (Lipinski definition) is 0. The van der Waals surface area contributed by atoms with E-state index in [-0.39, 0.29) is 17.4 Å². The van der Waals surface area contributed by atoms with Crippen LogP contribution in [0.4, 0.5) is 0 Å². The van der Waals surface area contributed by atoms with Crippen LogP contribution in [0.3, 0.4) is 0 Å². The van der Waals surface area contributed by atoms with Crippen molar-refractivity contribution in [2.45, 2.75) is 52.4 Å². The standard InChI is InChI=1S/C12H18O3/c1-3-11(4-2)7-5-6-8-12(11)9(13)15-10(12)14/h3-8H2,1-2H3. The molecule has 2 aliphatic rings. The molecular formula is C12H18O3. The Labute approximate surface area is 90.2 Å². The number of rotatable bonds is 2. The zero-order valence-corrected chi connectivity index (χ0v) is 9.47. The van der Waals surface area contributed by atoms with Crippen molar-refractivity contribution in [1.82, 2.24) is 0 Å². The van der Waals surface area contributed by atoms with Gasteiger partial charge in [-0.05, 0) is 31.1 Å². The molecule has 0 radical (unpaired) electrons. The Morgan fingerprint density at radius 2 is 1.60 bits per heavy atom. The first-order valence-electron chi connectivity index (χ1n) is 5.89. The van der Waals surface area contributed by atoms with Crippen molar-refractivity contribution in [1.29, 1.82) is 0 Å². The van der Waals surface area contributed by atoms with Gasteiger partial charge in [-0.25, -0.2) is 0 Å². The average Bonchev–Trinajstić information content (AvgIpc) is 2.29. The smallest absolute Gasteiger partial charge is 0.331 e. The minimum Gasteiger partial charge on any atom is -0.391 e. The van der Waals surface area contributed by atoms with Crippen molar-refractivity contribution < 1.29 is 14.3 Å². The predicted octanol–water partition coefficient (Wildman–Crippen LogP) is 2.44. The van der Waals surface area contributed by atoms with E-state index in [0.29, 0.717) is 6.42 Å². The molecule has 1 saturated heterocycles. The van der Waals surface area contributed by atoms with E-state index >= 15 is 0 Å². The van der Waals surface area contributed by atoms with Crippen molar-refractivity contribution >= 4 is 11.9 Å². The zero-order valence-electron chi connectivity index (χ0n) is 9.47. The van der Waals surface area contributed by atoms with Crippen LogP contribution in [-0.2, 0) is 14.3 Å². The van der Waals surface area contributed by atoms with Gasteiger partial charge in [-0.1, -0.05) is 26.7 Å². The van der Waals surface area contributed by atoms with Gasteiger partial charge in [0.2, 0.25) is 0 Å². The molecule has 0 aromatic heterocycles. The predicted molar refractivity (Wildman–Crippen MR) is 55.0 cm³/mol. The maximum atomic E-state index is 11.7. The fourth-order valence-corrected chi connectivity index (χ4v) is 3.47. The molecule has 0 atom stereocenters. The second-order valence-electron chi connectivity index (χ2n) is 4.78. The molecule has 3 nitrogen and oxygen atoms in total. The number of carbonyl (C=O) groups is 2. The second kappa shape index (κ2) is 3.32. The summed E-state index contributed by atoms with van der Waals surface area (Å²) in [6.07, 6.45) is 5.58. The molecule has 2 fully saturated rings. The molecule has 1 aliphatic carbocycles. The Hall–Kier alpha value is -0.860. The average molecular weight is 210 g/mol. The molecular weight excluding hydrogens is 192 g/mol. The number of carbonyl (C=O) groups excluding carboxylic acids is 2. The number of ether oxygens (including phenoxy) is 1. The van der Waals surface area contributed by atoms with Crippen molar-refractivity contribution in [3.8, 4) is 0 Å². The highest BCUT2D eigenvalue weighted by Gasteiger charge is 2.69. The number of hydrogen-bond acceptors (Lipinski definition) is 3. The third-order valence-electron chi connectivity index (χ3n) is 4.60. The maximum absolute atomic E-state index is 11.7. The van der Waals surface area contributed by atoms with Crippen LogP contribution in [0.2, 0.25) is 0 Å². The van der Waals surface area contributed by atoms with Gasteiger partial charge in [-0.2, -0.15) is 0 Å². The SMILES string of the molecule is CCC1(CC)CCCCC12C(=O)OC2=O. The summed E-state index contributed by atoms with van der Waals surface area (Å²) in [7, 11) is 0. The molecule has 84 valence electrons. The molecule has 0 bridgehead atoms. The van der Waals surface area contributed by atoms with E-state index in [2.05, 4.69) is 18.6 Å². The van der Waals surface area contributed by atoms with Gasteiger partial charge in [0.1, 0.15) is 0 Å². The summed E-state index contributed by atoms with van der Waals surface area (Å²) in [5, 5.41) is 0. The van der Waals surface area contributed by atoms with Crippen molar-refractivity contribution in [3.63, 3.8) is 0 Å². The monoisotopic (exact) mass is 210 g/mol. The minimum atomic E-state index is -0.769. The summed E-state index contributed by atoms with van der Waals surface area (Å²) in [5.41, 5.74) is -0.896. The van der Waals surface area contributed by atoms with Gasteiger partial charge in [0.15, 0.2) is 5.41 Å². The summed E-state index contributed by atoms with van der Waals surface area (Å²) >= 11 is 0. The molecule has 0 aromatic carbocycles. The van der Waals surface area contributed by atoms with E-state index < -0.39 is 5.41 Å². The first-order chi connectivity index (χ1) is 7.13. The molecule has 1 spiro atoms. The fraction of sp³-hybridized carbons (Fsp3) is 0.833. The Kier molecular flexibility index (Phi) is 2.36. The Bertz CT molecular complexity index is 288. The van der Waals surface area contributed by atoms with Crippen LogP contribution in [0.15, 0.2) is 0 Å². The van der Waals surface area contributed by atoms with Crippen molar-refractivity contribution in [2.24, 2.45) is 10.8 Å². The highest BCUT2D eigenvalue weighted by molar-refractivity contribution is 6.14. The lowest BCUT2D eigenvalue weighted by Gasteiger charge is -2.53. The lowest BCUT2D eigenvalue weighted by Crippen LogP contribution is -2.63. The van der Waals surface area contributed by atoms with E-state index in [1.54, 1.807) is 0 Å². The Morgan fingerprint density at radius 3 is 2.00 bits per heavy atom. The zero-order chi connectivity index (χ0) is 11.1. The van der Waals surface area contributed by atoms with E-state index in [0.717, 1.165) is 32.1 Å². The van der Waals surface area contributed by atoms with E-state index in [1.165, 1.54) is 0 Å². The van der Waals surface area contributed by atoms with Gasteiger partial charge in [-0.15, -0.1) is 0 Å².